The first-order valence-corrected chi connectivity index (χ1v) is 8.47. The zero-order chi connectivity index (χ0) is 16.2. The Kier molecular flexibility index (Phi) is 5.63. The van der Waals surface area contributed by atoms with Crippen molar-refractivity contribution in [3.05, 3.63) is 34.9 Å². The zero-order valence-corrected chi connectivity index (χ0v) is 14.5. The number of nitrogens with zero attached hydrogens (tertiary/aromatic N) is 1. The molecule has 3 nitrogen and oxygen atoms in total. The second kappa shape index (κ2) is 7.28. The number of carbonyl (C=O) groups excluding carboxylic acids is 1. The van der Waals surface area contributed by atoms with Crippen LogP contribution in [0.4, 0.5) is 0 Å². The van der Waals surface area contributed by atoms with Crippen LogP contribution < -0.4 is 5.32 Å². The fourth-order valence-electron chi connectivity index (χ4n) is 3.40. The molecule has 0 radical (unpaired) electrons. The average molecular weight is 302 g/mol. The van der Waals surface area contributed by atoms with Crippen LogP contribution in [0.1, 0.15) is 60.0 Å². The van der Waals surface area contributed by atoms with Gasteiger partial charge in [-0.3, -0.25) is 4.79 Å². The van der Waals surface area contributed by atoms with Crippen LogP contribution in [0.5, 0.6) is 0 Å². The standard InChI is InChI=1S/C19H30N2O/c1-15-9-10-17(13-16(15)2)18(22)20-14-19(21(3)4)11-7-5-6-8-12-19/h9-10,13H,5-8,11-12,14H2,1-4H3,(H,20,22). The van der Waals surface area contributed by atoms with E-state index in [1.165, 1.54) is 49.7 Å². The third kappa shape index (κ3) is 3.89. The van der Waals surface area contributed by atoms with Gasteiger partial charge in [0, 0.05) is 17.6 Å². The van der Waals surface area contributed by atoms with Crippen molar-refractivity contribution in [1.82, 2.24) is 10.2 Å². The predicted octanol–water partition coefficient (Wildman–Crippen LogP) is 3.69. The van der Waals surface area contributed by atoms with E-state index in [1.54, 1.807) is 0 Å². The van der Waals surface area contributed by atoms with Gasteiger partial charge >= 0.3 is 0 Å². The molecule has 1 amide bonds. The van der Waals surface area contributed by atoms with E-state index in [4.69, 9.17) is 0 Å². The maximum Gasteiger partial charge on any atom is 0.251 e. The van der Waals surface area contributed by atoms with Crippen molar-refractivity contribution in [1.29, 1.82) is 0 Å². The summed E-state index contributed by atoms with van der Waals surface area (Å²) in [6, 6.07) is 5.94. The van der Waals surface area contributed by atoms with Crippen LogP contribution in [-0.4, -0.2) is 37.0 Å². The summed E-state index contributed by atoms with van der Waals surface area (Å²) in [5.41, 5.74) is 3.28. The van der Waals surface area contributed by atoms with Crippen molar-refractivity contribution in [3.8, 4) is 0 Å². The molecular weight excluding hydrogens is 272 g/mol. The van der Waals surface area contributed by atoms with Crippen LogP contribution >= 0.6 is 0 Å². The Bertz CT molecular complexity index is 514. The summed E-state index contributed by atoms with van der Waals surface area (Å²) in [5, 5.41) is 3.18. The number of hydrogen-bond acceptors (Lipinski definition) is 2. The van der Waals surface area contributed by atoms with Gasteiger partial charge in [-0.25, -0.2) is 0 Å². The van der Waals surface area contributed by atoms with Crippen molar-refractivity contribution in [3.63, 3.8) is 0 Å². The van der Waals surface area contributed by atoms with Crippen molar-refractivity contribution < 1.29 is 4.79 Å². The van der Waals surface area contributed by atoms with Crippen LogP contribution in [0.15, 0.2) is 18.2 Å². The molecule has 1 aromatic rings. The minimum atomic E-state index is 0.0496. The molecule has 0 bridgehead atoms. The van der Waals surface area contributed by atoms with Gasteiger partial charge < -0.3 is 10.2 Å². The van der Waals surface area contributed by atoms with Gasteiger partial charge in [-0.15, -0.1) is 0 Å². The lowest BCUT2D eigenvalue weighted by Gasteiger charge is -2.39. The monoisotopic (exact) mass is 302 g/mol. The molecular formula is C19H30N2O. The second-order valence-corrected chi connectivity index (χ2v) is 7.01. The molecule has 3 heteroatoms. The van der Waals surface area contributed by atoms with Gasteiger partial charge in [0.05, 0.1) is 0 Å². The van der Waals surface area contributed by atoms with Gasteiger partial charge in [0.2, 0.25) is 0 Å². The molecule has 1 saturated carbocycles. The summed E-state index contributed by atoms with van der Waals surface area (Å²) in [4.78, 5) is 14.8. The van der Waals surface area contributed by atoms with E-state index in [0.717, 1.165) is 12.1 Å². The van der Waals surface area contributed by atoms with Crippen molar-refractivity contribution >= 4 is 5.91 Å². The lowest BCUT2D eigenvalue weighted by Crippen LogP contribution is -2.52. The number of aryl methyl sites for hydroxylation is 2. The molecule has 0 aliphatic heterocycles. The number of rotatable bonds is 4. The van der Waals surface area contributed by atoms with Crippen molar-refractivity contribution in [2.75, 3.05) is 20.6 Å². The molecule has 0 heterocycles. The summed E-state index contributed by atoms with van der Waals surface area (Å²) >= 11 is 0. The Morgan fingerprint density at radius 1 is 1.09 bits per heavy atom. The van der Waals surface area contributed by atoms with E-state index in [-0.39, 0.29) is 11.4 Å². The normalized spacial score (nSPS) is 18.0. The van der Waals surface area contributed by atoms with Crippen molar-refractivity contribution in [2.45, 2.75) is 57.9 Å². The van der Waals surface area contributed by atoms with E-state index in [9.17, 15) is 4.79 Å². The van der Waals surface area contributed by atoms with Crippen molar-refractivity contribution in [2.24, 2.45) is 0 Å². The summed E-state index contributed by atoms with van der Waals surface area (Å²) in [6.07, 6.45) is 7.51. The van der Waals surface area contributed by atoms with Gasteiger partial charge in [-0.1, -0.05) is 31.7 Å². The Hall–Kier alpha value is -1.35. The lowest BCUT2D eigenvalue weighted by atomic mass is 9.88. The van der Waals surface area contributed by atoms with E-state index < -0.39 is 0 Å². The van der Waals surface area contributed by atoms with E-state index >= 15 is 0 Å². The minimum absolute atomic E-state index is 0.0496. The Balaban J connectivity index is 2.05. The number of nitrogens with one attached hydrogen (secondary N) is 1. The Morgan fingerprint density at radius 2 is 1.73 bits per heavy atom. The first kappa shape index (κ1) is 17.0. The summed E-state index contributed by atoms with van der Waals surface area (Å²) in [6.45, 7) is 4.87. The Morgan fingerprint density at radius 3 is 2.27 bits per heavy atom. The Labute approximate surface area is 135 Å². The smallest absolute Gasteiger partial charge is 0.251 e. The largest absolute Gasteiger partial charge is 0.350 e. The molecule has 2 rings (SSSR count). The number of hydrogen-bond donors (Lipinski definition) is 1. The first-order valence-electron chi connectivity index (χ1n) is 8.47. The molecule has 1 aliphatic rings. The average Bonchev–Trinajstić information content (AvgIpc) is 2.74. The summed E-state index contributed by atoms with van der Waals surface area (Å²) < 4.78 is 0. The van der Waals surface area contributed by atoms with Crippen LogP contribution in [-0.2, 0) is 0 Å². The fourth-order valence-corrected chi connectivity index (χ4v) is 3.40. The third-order valence-corrected chi connectivity index (χ3v) is 5.33. The molecule has 0 saturated heterocycles. The molecule has 0 unspecified atom stereocenters. The van der Waals surface area contributed by atoms with E-state index in [1.807, 2.05) is 18.2 Å². The number of benzene rings is 1. The molecule has 122 valence electrons. The maximum atomic E-state index is 12.5. The predicted molar refractivity (Wildman–Crippen MR) is 92.4 cm³/mol. The maximum absolute atomic E-state index is 12.5. The minimum Gasteiger partial charge on any atom is -0.350 e. The molecule has 0 atom stereocenters. The zero-order valence-electron chi connectivity index (χ0n) is 14.5. The summed E-state index contributed by atoms with van der Waals surface area (Å²) in [5.74, 6) is 0.0496. The SMILES string of the molecule is Cc1ccc(C(=O)NCC2(N(C)C)CCCCCC2)cc1C. The van der Waals surface area contributed by atoms with E-state index in [2.05, 4.69) is 38.2 Å². The summed E-state index contributed by atoms with van der Waals surface area (Å²) in [7, 11) is 4.29. The molecule has 0 aromatic heterocycles. The lowest BCUT2D eigenvalue weighted by molar-refractivity contribution is 0.0869. The van der Waals surface area contributed by atoms with Gasteiger partial charge in [0.15, 0.2) is 0 Å². The van der Waals surface area contributed by atoms with Crippen LogP contribution in [0, 0.1) is 13.8 Å². The molecule has 1 aromatic carbocycles. The highest BCUT2D eigenvalue weighted by molar-refractivity contribution is 5.94. The molecule has 1 aliphatic carbocycles. The van der Waals surface area contributed by atoms with Crippen LogP contribution in [0.3, 0.4) is 0 Å². The fraction of sp³-hybridized carbons (Fsp3) is 0.632. The number of amides is 1. The highest BCUT2D eigenvalue weighted by Crippen LogP contribution is 2.30. The quantitative estimate of drug-likeness (QED) is 0.860. The van der Waals surface area contributed by atoms with Gasteiger partial charge in [-0.05, 0) is 64.0 Å². The second-order valence-electron chi connectivity index (χ2n) is 7.01. The molecule has 1 N–H and O–H groups in total. The van der Waals surface area contributed by atoms with E-state index in [0.29, 0.717) is 0 Å². The van der Waals surface area contributed by atoms with Crippen LogP contribution in [0.2, 0.25) is 0 Å². The first-order chi connectivity index (χ1) is 10.4. The number of carbonyl (C=O) groups is 1. The van der Waals surface area contributed by atoms with Gasteiger partial charge in [-0.2, -0.15) is 0 Å². The van der Waals surface area contributed by atoms with Crippen LogP contribution in [0.25, 0.3) is 0 Å². The highest BCUT2D eigenvalue weighted by Gasteiger charge is 2.33. The molecule has 22 heavy (non-hydrogen) atoms. The molecule has 1 fully saturated rings. The third-order valence-electron chi connectivity index (χ3n) is 5.33. The number of likely N-dealkylation sites (N-methyl/N-ethyl adjacent to an activating group) is 1. The van der Waals surface area contributed by atoms with Gasteiger partial charge in [0.25, 0.3) is 5.91 Å². The highest BCUT2D eigenvalue weighted by atomic mass is 16.1. The topological polar surface area (TPSA) is 32.3 Å². The molecule has 0 spiro atoms. The van der Waals surface area contributed by atoms with Gasteiger partial charge in [0.1, 0.15) is 0 Å².